The number of aliphatic hydroxyl groups is 1. The molecule has 4 N–H and O–H groups in total. The second-order valence-electron chi connectivity index (χ2n) is 5.12. The summed E-state index contributed by atoms with van der Waals surface area (Å²) in [6.45, 7) is 3.94. The van der Waals surface area contributed by atoms with Gasteiger partial charge < -0.3 is 25.6 Å². The molecule has 0 atom stereocenters. The van der Waals surface area contributed by atoms with E-state index >= 15 is 0 Å². The van der Waals surface area contributed by atoms with E-state index in [1.54, 1.807) is 12.1 Å². The van der Waals surface area contributed by atoms with Crippen LogP contribution in [0.1, 0.15) is 26.2 Å². The first-order valence-corrected chi connectivity index (χ1v) is 7.05. The predicted octanol–water partition coefficient (Wildman–Crippen LogP) is 1.41. The van der Waals surface area contributed by atoms with Crippen LogP contribution >= 0.6 is 0 Å². The van der Waals surface area contributed by atoms with E-state index in [4.69, 9.17) is 15.2 Å². The fraction of sp³-hybridized carbons (Fsp3) is 0.643. The normalized spacial score (nSPS) is 17.7. The summed E-state index contributed by atoms with van der Waals surface area (Å²) in [7, 11) is 0. The molecule has 1 aromatic heterocycles. The topological polar surface area (TPSA) is 89.6 Å². The van der Waals surface area contributed by atoms with E-state index in [0.29, 0.717) is 37.2 Å². The largest absolute Gasteiger partial charge is 0.476 e. The van der Waals surface area contributed by atoms with Crippen LogP contribution in [0.25, 0.3) is 0 Å². The zero-order valence-electron chi connectivity index (χ0n) is 11.9. The SMILES string of the molecule is CCCOc1nc(NC2(CO)CCOCC2)ccc1N. The van der Waals surface area contributed by atoms with Gasteiger partial charge in [0, 0.05) is 13.2 Å². The summed E-state index contributed by atoms with van der Waals surface area (Å²) in [5.41, 5.74) is 5.99. The van der Waals surface area contributed by atoms with Crippen LogP contribution in [0.15, 0.2) is 12.1 Å². The average Bonchev–Trinajstić information content (AvgIpc) is 2.49. The highest BCUT2D eigenvalue weighted by Crippen LogP contribution is 2.27. The van der Waals surface area contributed by atoms with Crippen molar-refractivity contribution in [2.75, 3.05) is 37.5 Å². The number of hydrogen-bond acceptors (Lipinski definition) is 6. The molecule has 1 aromatic rings. The number of nitrogens with zero attached hydrogens (tertiary/aromatic N) is 1. The van der Waals surface area contributed by atoms with Crippen molar-refractivity contribution in [1.29, 1.82) is 0 Å². The van der Waals surface area contributed by atoms with Crippen molar-refractivity contribution in [3.8, 4) is 5.88 Å². The maximum Gasteiger partial charge on any atom is 0.239 e. The molecule has 0 unspecified atom stereocenters. The van der Waals surface area contributed by atoms with Crippen LogP contribution in [-0.2, 0) is 4.74 Å². The van der Waals surface area contributed by atoms with Gasteiger partial charge in [-0.25, -0.2) is 0 Å². The quantitative estimate of drug-likeness (QED) is 0.730. The Bertz CT molecular complexity index is 434. The second-order valence-corrected chi connectivity index (χ2v) is 5.12. The fourth-order valence-electron chi connectivity index (χ4n) is 2.19. The van der Waals surface area contributed by atoms with Crippen molar-refractivity contribution in [2.24, 2.45) is 0 Å². The third-order valence-electron chi connectivity index (χ3n) is 3.48. The maximum atomic E-state index is 9.67. The molecule has 6 nitrogen and oxygen atoms in total. The monoisotopic (exact) mass is 281 g/mol. The number of nitrogens with one attached hydrogen (secondary N) is 1. The van der Waals surface area contributed by atoms with E-state index in [1.807, 2.05) is 6.92 Å². The predicted molar refractivity (Wildman–Crippen MR) is 77.9 cm³/mol. The Morgan fingerprint density at radius 1 is 1.45 bits per heavy atom. The van der Waals surface area contributed by atoms with Gasteiger partial charge in [0.25, 0.3) is 0 Å². The minimum absolute atomic E-state index is 0.0492. The molecule has 0 saturated carbocycles. The highest BCUT2D eigenvalue weighted by molar-refractivity contribution is 5.54. The lowest BCUT2D eigenvalue weighted by Crippen LogP contribution is -2.47. The molecule has 0 aromatic carbocycles. The number of nitrogen functional groups attached to an aromatic ring is 1. The van der Waals surface area contributed by atoms with Crippen molar-refractivity contribution < 1.29 is 14.6 Å². The molecule has 0 radical (unpaired) electrons. The third-order valence-corrected chi connectivity index (χ3v) is 3.48. The summed E-state index contributed by atoms with van der Waals surface area (Å²) in [4.78, 5) is 4.39. The average molecular weight is 281 g/mol. The van der Waals surface area contributed by atoms with Crippen LogP contribution in [0.5, 0.6) is 5.88 Å². The Hall–Kier alpha value is -1.53. The molecule has 20 heavy (non-hydrogen) atoms. The number of nitrogens with two attached hydrogens (primary N) is 1. The zero-order valence-corrected chi connectivity index (χ0v) is 11.9. The first-order valence-electron chi connectivity index (χ1n) is 7.05. The molecule has 6 heteroatoms. The lowest BCUT2D eigenvalue weighted by atomic mass is 9.91. The third kappa shape index (κ3) is 3.52. The summed E-state index contributed by atoms with van der Waals surface area (Å²) in [5.74, 6) is 1.11. The van der Waals surface area contributed by atoms with Crippen molar-refractivity contribution >= 4 is 11.5 Å². The summed E-state index contributed by atoms with van der Waals surface area (Å²) in [5, 5.41) is 13.0. The van der Waals surface area contributed by atoms with Gasteiger partial charge in [-0.05, 0) is 31.4 Å². The molecule has 1 fully saturated rings. The molecule has 1 aliphatic heterocycles. The summed E-state index contributed by atoms with van der Waals surface area (Å²) < 4.78 is 10.9. The minimum Gasteiger partial charge on any atom is -0.476 e. The highest BCUT2D eigenvalue weighted by atomic mass is 16.5. The van der Waals surface area contributed by atoms with E-state index in [1.165, 1.54) is 0 Å². The minimum atomic E-state index is -0.372. The molecule has 112 valence electrons. The Balaban J connectivity index is 2.11. The zero-order chi connectivity index (χ0) is 14.4. The summed E-state index contributed by atoms with van der Waals surface area (Å²) in [6, 6.07) is 3.58. The van der Waals surface area contributed by atoms with Gasteiger partial charge in [-0.15, -0.1) is 0 Å². The summed E-state index contributed by atoms with van der Waals surface area (Å²) in [6.07, 6.45) is 2.40. The fourth-order valence-corrected chi connectivity index (χ4v) is 2.19. The maximum absolute atomic E-state index is 9.67. The number of pyridine rings is 1. The molecular formula is C14H23N3O3. The molecule has 0 spiro atoms. The molecular weight excluding hydrogens is 258 g/mol. The Kier molecular flexibility index (Phi) is 5.03. The van der Waals surface area contributed by atoms with Crippen molar-refractivity contribution in [3.63, 3.8) is 0 Å². The molecule has 1 saturated heterocycles. The van der Waals surface area contributed by atoms with Gasteiger partial charge in [0.2, 0.25) is 5.88 Å². The highest BCUT2D eigenvalue weighted by Gasteiger charge is 2.32. The number of hydrogen-bond donors (Lipinski definition) is 3. The number of ether oxygens (including phenoxy) is 2. The number of aromatic nitrogens is 1. The van der Waals surface area contributed by atoms with E-state index < -0.39 is 0 Å². The van der Waals surface area contributed by atoms with Crippen LogP contribution in [-0.4, -0.2) is 42.1 Å². The number of aliphatic hydroxyl groups excluding tert-OH is 1. The van der Waals surface area contributed by atoms with Crippen LogP contribution in [0, 0.1) is 0 Å². The first-order chi connectivity index (χ1) is 9.69. The lowest BCUT2D eigenvalue weighted by molar-refractivity contribution is 0.0378. The van der Waals surface area contributed by atoms with E-state index in [-0.39, 0.29) is 12.1 Å². The van der Waals surface area contributed by atoms with Gasteiger partial charge >= 0.3 is 0 Å². The Morgan fingerprint density at radius 3 is 2.85 bits per heavy atom. The number of rotatable bonds is 6. The van der Waals surface area contributed by atoms with Gasteiger partial charge in [0.05, 0.1) is 24.4 Å². The molecule has 0 amide bonds. The first kappa shape index (κ1) is 14.9. The van der Waals surface area contributed by atoms with Gasteiger partial charge in [-0.3, -0.25) is 0 Å². The molecule has 2 rings (SSSR count). The molecule has 0 bridgehead atoms. The Labute approximate surface area is 119 Å². The Morgan fingerprint density at radius 2 is 2.20 bits per heavy atom. The van der Waals surface area contributed by atoms with E-state index in [9.17, 15) is 5.11 Å². The van der Waals surface area contributed by atoms with Crippen LogP contribution in [0.2, 0.25) is 0 Å². The molecule has 1 aliphatic rings. The lowest BCUT2D eigenvalue weighted by Gasteiger charge is -2.36. The van der Waals surface area contributed by atoms with Crippen molar-refractivity contribution in [1.82, 2.24) is 4.98 Å². The second kappa shape index (κ2) is 6.76. The van der Waals surface area contributed by atoms with Crippen molar-refractivity contribution in [2.45, 2.75) is 31.7 Å². The standard InChI is InChI=1S/C14H23N3O3/c1-2-7-20-13-11(15)3-4-12(16-13)17-14(10-18)5-8-19-9-6-14/h3-4,18H,2,5-10,15H2,1H3,(H,16,17). The van der Waals surface area contributed by atoms with Crippen LogP contribution in [0.3, 0.4) is 0 Å². The van der Waals surface area contributed by atoms with Crippen LogP contribution < -0.4 is 15.8 Å². The van der Waals surface area contributed by atoms with Gasteiger partial charge in [0.15, 0.2) is 0 Å². The van der Waals surface area contributed by atoms with E-state index in [0.717, 1.165) is 19.3 Å². The molecule has 2 heterocycles. The van der Waals surface area contributed by atoms with Gasteiger partial charge in [-0.2, -0.15) is 4.98 Å². The van der Waals surface area contributed by atoms with Crippen LogP contribution in [0.4, 0.5) is 11.5 Å². The smallest absolute Gasteiger partial charge is 0.239 e. The van der Waals surface area contributed by atoms with Gasteiger partial charge in [-0.1, -0.05) is 6.92 Å². The summed E-state index contributed by atoms with van der Waals surface area (Å²) >= 11 is 0. The van der Waals surface area contributed by atoms with E-state index in [2.05, 4.69) is 10.3 Å². The van der Waals surface area contributed by atoms with Gasteiger partial charge in [0.1, 0.15) is 5.82 Å². The molecule has 0 aliphatic carbocycles. The number of anilines is 2. The van der Waals surface area contributed by atoms with Crippen molar-refractivity contribution in [3.05, 3.63) is 12.1 Å².